The standard InChI is InChI=1S/C25H26ClN3O6S2/c1-18-3-12-23(15-24(18)29(31)32)37(33,34)28(21-8-10-22(35-2)11-9-21)16-25(30)27-13-14-36-17-19-4-6-20(26)7-5-19/h3-12,15H,13-14,16-17H2,1-2H3,(H,27,30). The van der Waals surface area contributed by atoms with E-state index in [0.29, 0.717) is 28.6 Å². The first-order valence-corrected chi connectivity index (χ1v) is 14.1. The van der Waals surface area contributed by atoms with Crippen LogP contribution in [0.4, 0.5) is 11.4 Å². The van der Waals surface area contributed by atoms with Crippen molar-refractivity contribution >= 4 is 50.7 Å². The number of nitro groups is 1. The number of amides is 1. The summed E-state index contributed by atoms with van der Waals surface area (Å²) in [7, 11) is -2.83. The third-order valence-corrected chi connectivity index (χ3v) is 8.42. The average molecular weight is 564 g/mol. The number of hydrogen-bond acceptors (Lipinski definition) is 7. The number of benzene rings is 3. The first-order valence-electron chi connectivity index (χ1n) is 11.1. The van der Waals surface area contributed by atoms with Gasteiger partial charge in [0.15, 0.2) is 0 Å². The Balaban J connectivity index is 1.73. The van der Waals surface area contributed by atoms with Gasteiger partial charge in [-0.3, -0.25) is 19.2 Å². The van der Waals surface area contributed by atoms with E-state index >= 15 is 0 Å². The van der Waals surface area contributed by atoms with Crippen LogP contribution in [0.1, 0.15) is 11.1 Å². The maximum Gasteiger partial charge on any atom is 0.273 e. The van der Waals surface area contributed by atoms with Crippen molar-refractivity contribution in [3.63, 3.8) is 0 Å². The molecule has 0 radical (unpaired) electrons. The Morgan fingerprint density at radius 1 is 1.11 bits per heavy atom. The number of nitrogens with zero attached hydrogens (tertiary/aromatic N) is 2. The molecule has 0 unspecified atom stereocenters. The predicted octanol–water partition coefficient (Wildman–Crippen LogP) is 4.81. The van der Waals surface area contributed by atoms with Gasteiger partial charge >= 0.3 is 0 Å². The third kappa shape index (κ3) is 7.61. The number of sulfonamides is 1. The van der Waals surface area contributed by atoms with Crippen molar-refractivity contribution in [2.45, 2.75) is 17.6 Å². The zero-order valence-electron chi connectivity index (χ0n) is 20.2. The number of hydrogen-bond donors (Lipinski definition) is 1. The summed E-state index contributed by atoms with van der Waals surface area (Å²) in [6.07, 6.45) is 0. The summed E-state index contributed by atoms with van der Waals surface area (Å²) in [6.45, 7) is 1.36. The average Bonchev–Trinajstić information content (AvgIpc) is 2.88. The van der Waals surface area contributed by atoms with E-state index in [0.717, 1.165) is 21.7 Å². The quantitative estimate of drug-likeness (QED) is 0.191. The van der Waals surface area contributed by atoms with E-state index in [2.05, 4.69) is 5.32 Å². The van der Waals surface area contributed by atoms with Crippen LogP contribution in [-0.2, 0) is 20.6 Å². The van der Waals surface area contributed by atoms with Gasteiger partial charge in [-0.15, -0.1) is 0 Å². The van der Waals surface area contributed by atoms with Crippen LogP contribution in [0.5, 0.6) is 5.75 Å². The summed E-state index contributed by atoms with van der Waals surface area (Å²) in [5.41, 5.74) is 1.33. The van der Waals surface area contributed by atoms with E-state index in [1.165, 1.54) is 38.3 Å². The molecule has 0 atom stereocenters. The van der Waals surface area contributed by atoms with E-state index in [4.69, 9.17) is 16.3 Å². The number of aryl methyl sites for hydroxylation is 1. The molecule has 3 aromatic carbocycles. The fraction of sp³-hybridized carbons (Fsp3) is 0.240. The Morgan fingerprint density at radius 2 is 1.78 bits per heavy atom. The Morgan fingerprint density at radius 3 is 2.41 bits per heavy atom. The molecule has 0 aliphatic heterocycles. The number of methoxy groups -OCH3 is 1. The predicted molar refractivity (Wildman–Crippen MR) is 146 cm³/mol. The molecule has 0 spiro atoms. The van der Waals surface area contributed by atoms with Crippen LogP contribution in [0.15, 0.2) is 71.6 Å². The zero-order chi connectivity index (χ0) is 27.0. The number of carbonyl (C=O) groups is 1. The molecule has 0 saturated heterocycles. The largest absolute Gasteiger partial charge is 0.497 e. The monoisotopic (exact) mass is 563 g/mol. The highest BCUT2D eigenvalue weighted by Crippen LogP contribution is 2.29. The van der Waals surface area contributed by atoms with Crippen LogP contribution in [0, 0.1) is 17.0 Å². The number of carbonyl (C=O) groups excluding carboxylic acids is 1. The molecule has 9 nitrogen and oxygen atoms in total. The topological polar surface area (TPSA) is 119 Å². The lowest BCUT2D eigenvalue weighted by Crippen LogP contribution is -2.41. The smallest absolute Gasteiger partial charge is 0.273 e. The fourth-order valence-corrected chi connectivity index (χ4v) is 5.74. The summed E-state index contributed by atoms with van der Waals surface area (Å²) >= 11 is 7.51. The molecule has 0 bridgehead atoms. The summed E-state index contributed by atoms with van der Waals surface area (Å²) < 4.78 is 33.2. The molecular weight excluding hydrogens is 538 g/mol. The van der Waals surface area contributed by atoms with Crippen LogP contribution >= 0.6 is 23.4 Å². The molecule has 3 aromatic rings. The number of ether oxygens (including phenoxy) is 1. The minimum Gasteiger partial charge on any atom is -0.497 e. The van der Waals surface area contributed by atoms with E-state index in [1.54, 1.807) is 23.9 Å². The minimum absolute atomic E-state index is 0.219. The van der Waals surface area contributed by atoms with Gasteiger partial charge in [0, 0.05) is 34.7 Å². The van der Waals surface area contributed by atoms with Gasteiger partial charge in [0.25, 0.3) is 15.7 Å². The molecule has 37 heavy (non-hydrogen) atoms. The highest BCUT2D eigenvalue weighted by Gasteiger charge is 2.29. The second kappa shape index (κ2) is 12.8. The van der Waals surface area contributed by atoms with Crippen LogP contribution in [-0.4, -0.2) is 45.2 Å². The first kappa shape index (κ1) is 28.3. The second-order valence-corrected chi connectivity index (χ2v) is 11.3. The molecule has 0 heterocycles. The Bertz CT molecular complexity index is 1350. The van der Waals surface area contributed by atoms with Crippen molar-refractivity contribution in [3.8, 4) is 5.75 Å². The van der Waals surface area contributed by atoms with Crippen LogP contribution in [0.3, 0.4) is 0 Å². The first-order chi connectivity index (χ1) is 17.6. The molecule has 1 amide bonds. The van der Waals surface area contributed by atoms with Crippen molar-refractivity contribution in [2.24, 2.45) is 0 Å². The van der Waals surface area contributed by atoms with Crippen LogP contribution in [0.25, 0.3) is 0 Å². The number of thioether (sulfide) groups is 1. The summed E-state index contributed by atoms with van der Waals surface area (Å²) in [5.74, 6) is 1.36. The maximum atomic E-state index is 13.5. The van der Waals surface area contributed by atoms with Crippen molar-refractivity contribution in [1.82, 2.24) is 5.32 Å². The number of nitro benzene ring substituents is 1. The number of rotatable bonds is 12. The minimum atomic E-state index is -4.31. The van der Waals surface area contributed by atoms with Gasteiger partial charge in [0.1, 0.15) is 12.3 Å². The highest BCUT2D eigenvalue weighted by atomic mass is 35.5. The lowest BCUT2D eigenvalue weighted by Gasteiger charge is -2.24. The Hall–Kier alpha value is -3.28. The van der Waals surface area contributed by atoms with E-state index in [-0.39, 0.29) is 16.3 Å². The van der Waals surface area contributed by atoms with Gasteiger partial charge in [0.2, 0.25) is 5.91 Å². The van der Waals surface area contributed by atoms with Gasteiger partial charge in [-0.05, 0) is 55.0 Å². The van der Waals surface area contributed by atoms with Gasteiger partial charge in [0.05, 0.1) is 22.6 Å². The normalized spacial score (nSPS) is 11.1. The van der Waals surface area contributed by atoms with Gasteiger partial charge < -0.3 is 10.1 Å². The molecule has 0 fully saturated rings. The van der Waals surface area contributed by atoms with Crippen molar-refractivity contribution < 1.29 is 22.9 Å². The highest BCUT2D eigenvalue weighted by molar-refractivity contribution is 7.98. The maximum absolute atomic E-state index is 13.5. The lowest BCUT2D eigenvalue weighted by atomic mass is 10.2. The third-order valence-electron chi connectivity index (χ3n) is 5.36. The summed E-state index contributed by atoms with van der Waals surface area (Å²) in [6, 6.07) is 17.3. The number of halogens is 1. The van der Waals surface area contributed by atoms with Gasteiger partial charge in [-0.25, -0.2) is 8.42 Å². The number of anilines is 1. The lowest BCUT2D eigenvalue weighted by molar-refractivity contribution is -0.385. The van der Waals surface area contributed by atoms with Crippen molar-refractivity contribution in [3.05, 3.63) is 93.0 Å². The molecule has 0 aliphatic carbocycles. The SMILES string of the molecule is COc1ccc(N(CC(=O)NCCSCc2ccc(Cl)cc2)S(=O)(=O)c2ccc(C)c([N+](=O)[O-])c2)cc1. The molecule has 196 valence electrons. The van der Waals surface area contributed by atoms with Gasteiger partial charge in [-0.2, -0.15) is 11.8 Å². The molecule has 0 aromatic heterocycles. The summed E-state index contributed by atoms with van der Waals surface area (Å²) in [5, 5.41) is 14.8. The zero-order valence-corrected chi connectivity index (χ0v) is 22.6. The Kier molecular flexibility index (Phi) is 9.79. The molecule has 1 N–H and O–H groups in total. The fourth-order valence-electron chi connectivity index (χ4n) is 3.36. The molecule has 0 saturated carbocycles. The second-order valence-electron chi connectivity index (χ2n) is 7.94. The van der Waals surface area contributed by atoms with E-state index in [9.17, 15) is 23.3 Å². The number of nitrogens with one attached hydrogen (secondary N) is 1. The molecule has 12 heteroatoms. The van der Waals surface area contributed by atoms with E-state index in [1.807, 2.05) is 24.3 Å². The van der Waals surface area contributed by atoms with Crippen molar-refractivity contribution in [2.75, 3.05) is 30.3 Å². The van der Waals surface area contributed by atoms with E-state index < -0.39 is 27.4 Å². The molecule has 3 rings (SSSR count). The van der Waals surface area contributed by atoms with Crippen LogP contribution < -0.4 is 14.4 Å². The summed E-state index contributed by atoms with van der Waals surface area (Å²) in [4.78, 5) is 23.2. The molecule has 0 aliphatic rings. The van der Waals surface area contributed by atoms with Crippen molar-refractivity contribution in [1.29, 1.82) is 0 Å². The Labute approximate surface area is 225 Å². The molecular formula is C25H26ClN3O6S2. The van der Waals surface area contributed by atoms with Crippen LogP contribution in [0.2, 0.25) is 5.02 Å². The van der Waals surface area contributed by atoms with Gasteiger partial charge in [-0.1, -0.05) is 29.8 Å².